The summed E-state index contributed by atoms with van der Waals surface area (Å²) in [5, 5.41) is 11.0. The summed E-state index contributed by atoms with van der Waals surface area (Å²) in [6.07, 6.45) is 1.02. The van der Waals surface area contributed by atoms with Crippen LogP contribution in [0.15, 0.2) is 41.8 Å². The molecule has 2 heterocycles. The van der Waals surface area contributed by atoms with E-state index in [0.717, 1.165) is 4.88 Å². The summed E-state index contributed by atoms with van der Waals surface area (Å²) in [5.74, 6) is -0.518. The molecule has 0 aliphatic carbocycles. The van der Waals surface area contributed by atoms with Gasteiger partial charge in [-0.15, -0.1) is 11.3 Å². The van der Waals surface area contributed by atoms with Crippen LogP contribution in [0.5, 0.6) is 5.75 Å². The molecule has 1 aliphatic rings. The van der Waals surface area contributed by atoms with Gasteiger partial charge in [-0.05, 0) is 42.5 Å². The number of carboxylic acid groups (broad SMARTS) is 1. The van der Waals surface area contributed by atoms with E-state index >= 15 is 0 Å². The predicted molar refractivity (Wildman–Crippen MR) is 91.4 cm³/mol. The first-order valence-corrected chi connectivity index (χ1v) is 8.79. The third kappa shape index (κ3) is 3.94. The molecule has 1 aromatic carbocycles. The van der Waals surface area contributed by atoms with Gasteiger partial charge in [-0.3, -0.25) is 9.59 Å². The van der Waals surface area contributed by atoms with Gasteiger partial charge in [-0.2, -0.15) is 0 Å². The summed E-state index contributed by atoms with van der Waals surface area (Å²) in [6.45, 7) is 1.45. The van der Waals surface area contributed by atoms with E-state index in [1.165, 1.54) is 0 Å². The fraction of sp³-hybridized carbons (Fsp3) is 0.333. The van der Waals surface area contributed by atoms with E-state index in [4.69, 9.17) is 9.84 Å². The Morgan fingerprint density at radius 3 is 2.67 bits per heavy atom. The summed E-state index contributed by atoms with van der Waals surface area (Å²) in [5.41, 5.74) is 0.576. The lowest BCUT2D eigenvalue weighted by Crippen LogP contribution is -2.40. The summed E-state index contributed by atoms with van der Waals surface area (Å²) in [7, 11) is 0. The first-order chi connectivity index (χ1) is 11.6. The molecule has 3 rings (SSSR count). The highest BCUT2D eigenvalue weighted by molar-refractivity contribution is 7.09. The Labute approximate surface area is 144 Å². The Bertz CT molecular complexity index is 706. The van der Waals surface area contributed by atoms with Gasteiger partial charge in [0.2, 0.25) is 0 Å². The van der Waals surface area contributed by atoms with Crippen LogP contribution in [-0.4, -0.2) is 35.0 Å². The summed E-state index contributed by atoms with van der Waals surface area (Å²) in [6, 6.07) is 11.1. The number of likely N-dealkylation sites (tertiary alicyclic amines) is 1. The number of ether oxygens (including phenoxy) is 1. The van der Waals surface area contributed by atoms with Crippen LogP contribution in [0.25, 0.3) is 0 Å². The van der Waals surface area contributed by atoms with Gasteiger partial charge in [0.1, 0.15) is 12.4 Å². The van der Waals surface area contributed by atoms with Crippen LogP contribution in [0.3, 0.4) is 0 Å². The Balaban J connectivity index is 1.61. The van der Waals surface area contributed by atoms with Crippen LogP contribution in [0.1, 0.15) is 28.1 Å². The van der Waals surface area contributed by atoms with E-state index in [9.17, 15) is 9.59 Å². The van der Waals surface area contributed by atoms with Crippen molar-refractivity contribution < 1.29 is 19.4 Å². The topological polar surface area (TPSA) is 66.8 Å². The minimum absolute atomic E-state index is 0.0691. The third-order valence-electron chi connectivity index (χ3n) is 4.17. The number of hydrogen-bond donors (Lipinski definition) is 1. The highest BCUT2D eigenvalue weighted by Crippen LogP contribution is 2.22. The van der Waals surface area contributed by atoms with Crippen molar-refractivity contribution in [2.75, 3.05) is 13.1 Å². The summed E-state index contributed by atoms with van der Waals surface area (Å²) in [4.78, 5) is 26.4. The zero-order valence-electron chi connectivity index (χ0n) is 13.2. The fourth-order valence-corrected chi connectivity index (χ4v) is 3.40. The van der Waals surface area contributed by atoms with Gasteiger partial charge in [0.15, 0.2) is 0 Å². The minimum atomic E-state index is -0.772. The Morgan fingerprint density at radius 2 is 2.00 bits per heavy atom. The number of rotatable bonds is 5. The van der Waals surface area contributed by atoms with Crippen molar-refractivity contribution in [3.05, 3.63) is 52.2 Å². The number of carboxylic acids is 1. The van der Waals surface area contributed by atoms with Crippen molar-refractivity contribution in [2.45, 2.75) is 19.4 Å². The smallest absolute Gasteiger partial charge is 0.306 e. The van der Waals surface area contributed by atoms with Gasteiger partial charge in [-0.1, -0.05) is 12.1 Å². The van der Waals surface area contributed by atoms with Crippen molar-refractivity contribution in [2.24, 2.45) is 5.92 Å². The van der Waals surface area contributed by atoms with Gasteiger partial charge in [-0.25, -0.2) is 0 Å². The third-order valence-corrected chi connectivity index (χ3v) is 5.02. The molecule has 2 aromatic rings. The lowest BCUT2D eigenvalue weighted by molar-refractivity contribution is -0.143. The number of benzene rings is 1. The molecule has 24 heavy (non-hydrogen) atoms. The maximum atomic E-state index is 12.6. The molecule has 1 aromatic heterocycles. The van der Waals surface area contributed by atoms with Crippen LogP contribution in [0, 0.1) is 5.92 Å². The van der Waals surface area contributed by atoms with Gasteiger partial charge in [0, 0.05) is 23.5 Å². The zero-order valence-corrected chi connectivity index (χ0v) is 14.0. The summed E-state index contributed by atoms with van der Waals surface area (Å²) < 4.78 is 5.74. The average Bonchev–Trinajstić information content (AvgIpc) is 3.13. The van der Waals surface area contributed by atoms with Crippen molar-refractivity contribution in [1.82, 2.24) is 4.90 Å². The second-order valence-electron chi connectivity index (χ2n) is 5.80. The Kier molecular flexibility index (Phi) is 5.15. The molecule has 1 N–H and O–H groups in total. The van der Waals surface area contributed by atoms with Gasteiger partial charge in [0.05, 0.1) is 5.92 Å². The van der Waals surface area contributed by atoms with E-state index in [-0.39, 0.29) is 11.8 Å². The molecule has 0 saturated carbocycles. The molecular formula is C18H19NO4S. The molecule has 1 saturated heterocycles. The van der Waals surface area contributed by atoms with Crippen LogP contribution >= 0.6 is 11.3 Å². The fourth-order valence-electron chi connectivity index (χ4n) is 2.78. The quantitative estimate of drug-likeness (QED) is 0.903. The van der Waals surface area contributed by atoms with Crippen LogP contribution < -0.4 is 4.74 Å². The molecule has 5 nitrogen and oxygen atoms in total. The molecule has 1 aliphatic heterocycles. The van der Waals surface area contributed by atoms with Gasteiger partial charge in [0.25, 0.3) is 5.91 Å². The zero-order chi connectivity index (χ0) is 16.9. The van der Waals surface area contributed by atoms with E-state index < -0.39 is 5.97 Å². The average molecular weight is 345 g/mol. The molecule has 1 fully saturated rings. The van der Waals surface area contributed by atoms with E-state index in [0.29, 0.717) is 43.9 Å². The van der Waals surface area contributed by atoms with Crippen molar-refractivity contribution in [3.63, 3.8) is 0 Å². The highest BCUT2D eigenvalue weighted by Gasteiger charge is 2.27. The van der Waals surface area contributed by atoms with Gasteiger partial charge < -0.3 is 14.7 Å². The molecule has 0 atom stereocenters. The van der Waals surface area contributed by atoms with Crippen molar-refractivity contribution in [1.29, 1.82) is 0 Å². The Hall–Kier alpha value is -2.34. The molecule has 1 amide bonds. The standard InChI is InChI=1S/C18H19NO4S/c20-17(19-8-6-13(7-9-19)18(21)22)14-3-1-4-15(11-14)23-12-16-5-2-10-24-16/h1-5,10-11,13H,6-9,12H2,(H,21,22). The maximum absolute atomic E-state index is 12.6. The van der Waals surface area contributed by atoms with Gasteiger partial charge >= 0.3 is 5.97 Å². The monoisotopic (exact) mass is 345 g/mol. The number of aliphatic carboxylic acids is 1. The number of carbonyl (C=O) groups excluding carboxylic acids is 1. The first-order valence-electron chi connectivity index (χ1n) is 7.91. The van der Waals surface area contributed by atoms with Crippen molar-refractivity contribution >= 4 is 23.2 Å². The normalized spacial score (nSPS) is 15.2. The lowest BCUT2D eigenvalue weighted by Gasteiger charge is -2.30. The number of piperidine rings is 1. The predicted octanol–water partition coefficient (Wildman–Crippen LogP) is 3.26. The van der Waals surface area contributed by atoms with E-state index in [2.05, 4.69) is 0 Å². The van der Waals surface area contributed by atoms with Crippen LogP contribution in [-0.2, 0) is 11.4 Å². The number of carbonyl (C=O) groups is 2. The minimum Gasteiger partial charge on any atom is -0.488 e. The van der Waals surface area contributed by atoms with E-state index in [1.807, 2.05) is 23.6 Å². The molecule has 126 valence electrons. The molecule has 0 spiro atoms. The van der Waals surface area contributed by atoms with Crippen LogP contribution in [0.4, 0.5) is 0 Å². The number of amides is 1. The Morgan fingerprint density at radius 1 is 1.21 bits per heavy atom. The maximum Gasteiger partial charge on any atom is 0.306 e. The molecule has 0 bridgehead atoms. The molecule has 0 unspecified atom stereocenters. The molecule has 0 radical (unpaired) electrons. The number of nitrogens with zero attached hydrogens (tertiary/aromatic N) is 1. The lowest BCUT2D eigenvalue weighted by atomic mass is 9.96. The van der Waals surface area contributed by atoms with Crippen LogP contribution in [0.2, 0.25) is 0 Å². The number of hydrogen-bond acceptors (Lipinski definition) is 4. The molecular weight excluding hydrogens is 326 g/mol. The second kappa shape index (κ2) is 7.49. The number of thiophene rings is 1. The largest absolute Gasteiger partial charge is 0.488 e. The first kappa shape index (κ1) is 16.5. The van der Waals surface area contributed by atoms with Crippen molar-refractivity contribution in [3.8, 4) is 5.75 Å². The molecule has 6 heteroatoms. The van der Waals surface area contributed by atoms with E-state index in [1.54, 1.807) is 34.4 Å². The summed E-state index contributed by atoms with van der Waals surface area (Å²) >= 11 is 1.63. The highest BCUT2D eigenvalue weighted by atomic mass is 32.1. The SMILES string of the molecule is O=C(O)C1CCN(C(=O)c2cccc(OCc3cccs3)c2)CC1. The second-order valence-corrected chi connectivity index (χ2v) is 6.83.